The van der Waals surface area contributed by atoms with Gasteiger partial charge in [0.2, 0.25) is 4.96 Å². The van der Waals surface area contributed by atoms with E-state index in [1.54, 1.807) is 16.5 Å². The summed E-state index contributed by atoms with van der Waals surface area (Å²) in [6, 6.07) is 15.5. The van der Waals surface area contributed by atoms with Gasteiger partial charge in [0.05, 0.1) is 4.53 Å². The molecule has 2 heterocycles. The average molecular weight is 411 g/mol. The number of fused-ring (bicyclic) bond motifs is 1. The number of benzene rings is 2. The molecule has 4 rings (SSSR count). The van der Waals surface area contributed by atoms with E-state index in [2.05, 4.69) is 41.1 Å². The third kappa shape index (κ3) is 3.41. The number of anilines is 1. The number of hydrogen-bond acceptors (Lipinski definition) is 5. The lowest BCUT2D eigenvalue weighted by Crippen LogP contribution is -2.23. The molecule has 4 aromatic rings. The molecular formula is C21H19ClN4OS. The van der Waals surface area contributed by atoms with Crippen LogP contribution in [-0.4, -0.2) is 27.7 Å². The van der Waals surface area contributed by atoms with E-state index in [-0.39, 0.29) is 5.56 Å². The minimum absolute atomic E-state index is 0.109. The van der Waals surface area contributed by atoms with E-state index in [1.807, 2.05) is 30.3 Å². The molecule has 0 N–H and O–H groups in total. The summed E-state index contributed by atoms with van der Waals surface area (Å²) < 4.78 is 2.19. The molecule has 0 atom stereocenters. The monoisotopic (exact) mass is 410 g/mol. The Morgan fingerprint density at radius 1 is 1.04 bits per heavy atom. The Kier molecular flexibility index (Phi) is 5.15. The fourth-order valence-corrected chi connectivity index (χ4v) is 4.21. The number of aromatic nitrogens is 3. The second-order valence-corrected chi connectivity index (χ2v) is 7.77. The Labute approximate surface area is 171 Å². The summed E-state index contributed by atoms with van der Waals surface area (Å²) in [5.74, 6) is 0.532. The van der Waals surface area contributed by atoms with Gasteiger partial charge in [0.25, 0.3) is 5.56 Å². The summed E-state index contributed by atoms with van der Waals surface area (Å²) in [7, 11) is 0. The zero-order valence-corrected chi connectivity index (χ0v) is 17.2. The largest absolute Gasteiger partial charge is 0.372 e. The van der Waals surface area contributed by atoms with Crippen molar-refractivity contribution < 1.29 is 0 Å². The van der Waals surface area contributed by atoms with Gasteiger partial charge in [-0.3, -0.25) is 4.79 Å². The third-order valence-corrected chi connectivity index (χ3v) is 5.88. The number of rotatable bonds is 5. The van der Waals surface area contributed by atoms with Crippen LogP contribution in [0.15, 0.2) is 53.3 Å². The summed E-state index contributed by atoms with van der Waals surface area (Å²) in [5, 5.41) is 8.99. The zero-order chi connectivity index (χ0) is 19.7. The molecule has 0 bridgehead atoms. The summed E-state index contributed by atoms with van der Waals surface area (Å²) in [5.41, 5.74) is 2.86. The van der Waals surface area contributed by atoms with Crippen molar-refractivity contribution >= 4 is 39.7 Å². The molecule has 0 aliphatic carbocycles. The van der Waals surface area contributed by atoms with E-state index < -0.39 is 0 Å². The molecule has 0 radical (unpaired) electrons. The van der Waals surface area contributed by atoms with Crippen LogP contribution in [0.2, 0.25) is 5.02 Å². The minimum Gasteiger partial charge on any atom is -0.372 e. The van der Waals surface area contributed by atoms with Crippen molar-refractivity contribution in [1.29, 1.82) is 0 Å². The lowest BCUT2D eigenvalue weighted by molar-refractivity contribution is 0.866. The van der Waals surface area contributed by atoms with Crippen molar-refractivity contribution in [2.45, 2.75) is 13.8 Å². The van der Waals surface area contributed by atoms with Crippen LogP contribution in [-0.2, 0) is 0 Å². The van der Waals surface area contributed by atoms with Gasteiger partial charge in [0, 0.05) is 29.4 Å². The van der Waals surface area contributed by atoms with Gasteiger partial charge in [0.15, 0.2) is 5.82 Å². The van der Waals surface area contributed by atoms with Gasteiger partial charge in [-0.05, 0) is 61.9 Å². The highest BCUT2D eigenvalue weighted by atomic mass is 35.5. The molecule has 0 unspecified atom stereocenters. The molecule has 0 saturated carbocycles. The zero-order valence-electron chi connectivity index (χ0n) is 15.6. The summed E-state index contributed by atoms with van der Waals surface area (Å²) in [6.07, 6.45) is 1.90. The third-order valence-electron chi connectivity index (χ3n) is 4.67. The molecule has 142 valence electrons. The van der Waals surface area contributed by atoms with E-state index in [1.165, 1.54) is 17.0 Å². The van der Waals surface area contributed by atoms with Gasteiger partial charge < -0.3 is 4.90 Å². The second kappa shape index (κ2) is 7.73. The van der Waals surface area contributed by atoms with Crippen LogP contribution in [0.3, 0.4) is 0 Å². The SMILES string of the molecule is CCN(CC)c1ccc(C=c2sc3nnc(-c4ccc(Cl)cc4)n3c2=O)cc1. The van der Waals surface area contributed by atoms with Crippen molar-refractivity contribution in [2.75, 3.05) is 18.0 Å². The van der Waals surface area contributed by atoms with E-state index in [4.69, 9.17) is 11.6 Å². The molecule has 28 heavy (non-hydrogen) atoms. The van der Waals surface area contributed by atoms with Crippen LogP contribution in [0.25, 0.3) is 22.4 Å². The maximum absolute atomic E-state index is 13.0. The fraction of sp³-hybridized carbons (Fsp3) is 0.190. The molecule has 7 heteroatoms. The van der Waals surface area contributed by atoms with Crippen molar-refractivity contribution in [3.8, 4) is 11.4 Å². The first-order valence-corrected chi connectivity index (χ1v) is 10.3. The maximum atomic E-state index is 13.0. The van der Waals surface area contributed by atoms with Gasteiger partial charge in [0.1, 0.15) is 0 Å². The van der Waals surface area contributed by atoms with Crippen LogP contribution in [0.1, 0.15) is 19.4 Å². The highest BCUT2D eigenvalue weighted by molar-refractivity contribution is 7.15. The molecule has 0 aliphatic heterocycles. The summed E-state index contributed by atoms with van der Waals surface area (Å²) in [4.78, 5) is 15.8. The van der Waals surface area contributed by atoms with Crippen molar-refractivity contribution in [3.05, 3.63) is 74.0 Å². The quantitative estimate of drug-likeness (QED) is 0.501. The van der Waals surface area contributed by atoms with Gasteiger partial charge in [-0.25, -0.2) is 4.40 Å². The Morgan fingerprint density at radius 3 is 2.36 bits per heavy atom. The number of halogens is 1. The first kappa shape index (κ1) is 18.7. The first-order valence-electron chi connectivity index (χ1n) is 9.11. The maximum Gasteiger partial charge on any atom is 0.276 e. The van der Waals surface area contributed by atoms with Crippen LogP contribution in [0, 0.1) is 0 Å². The van der Waals surface area contributed by atoms with Gasteiger partial charge in [-0.15, -0.1) is 10.2 Å². The molecule has 0 fully saturated rings. The molecular weight excluding hydrogens is 392 g/mol. The molecule has 2 aromatic heterocycles. The van der Waals surface area contributed by atoms with Gasteiger partial charge in [-0.1, -0.05) is 35.1 Å². The van der Waals surface area contributed by atoms with Gasteiger partial charge in [-0.2, -0.15) is 0 Å². The number of thiazole rings is 1. The van der Waals surface area contributed by atoms with Gasteiger partial charge >= 0.3 is 0 Å². The van der Waals surface area contributed by atoms with Crippen molar-refractivity contribution in [1.82, 2.24) is 14.6 Å². The summed E-state index contributed by atoms with van der Waals surface area (Å²) in [6.45, 7) is 6.21. The highest BCUT2D eigenvalue weighted by Gasteiger charge is 2.14. The molecule has 0 saturated heterocycles. The Bertz CT molecular complexity index is 1210. The Morgan fingerprint density at radius 2 is 1.71 bits per heavy atom. The smallest absolute Gasteiger partial charge is 0.276 e. The standard InChI is InChI=1S/C21H19ClN4OS/c1-3-25(4-2)17-11-5-14(6-12-17)13-18-20(27)26-19(23-24-21(26)28-18)15-7-9-16(22)10-8-15/h5-13H,3-4H2,1-2H3. The number of hydrogen-bond donors (Lipinski definition) is 0. The Balaban J connectivity index is 1.75. The lowest BCUT2D eigenvalue weighted by atomic mass is 10.2. The molecule has 5 nitrogen and oxygen atoms in total. The normalized spacial score (nSPS) is 12.0. The van der Waals surface area contributed by atoms with Crippen molar-refractivity contribution in [3.63, 3.8) is 0 Å². The predicted molar refractivity (Wildman–Crippen MR) is 116 cm³/mol. The highest BCUT2D eigenvalue weighted by Crippen LogP contribution is 2.20. The fourth-order valence-electron chi connectivity index (χ4n) is 3.17. The van der Waals surface area contributed by atoms with Crippen LogP contribution in [0.5, 0.6) is 0 Å². The topological polar surface area (TPSA) is 50.5 Å². The molecule has 0 spiro atoms. The van der Waals surface area contributed by atoms with Crippen LogP contribution in [0.4, 0.5) is 5.69 Å². The number of nitrogens with zero attached hydrogens (tertiary/aromatic N) is 4. The predicted octanol–water partition coefficient (Wildman–Crippen LogP) is 3.87. The minimum atomic E-state index is -0.109. The average Bonchev–Trinajstić information content (AvgIpc) is 3.25. The lowest BCUT2D eigenvalue weighted by Gasteiger charge is -2.20. The van der Waals surface area contributed by atoms with Crippen LogP contribution >= 0.6 is 22.9 Å². The second-order valence-electron chi connectivity index (χ2n) is 6.33. The van der Waals surface area contributed by atoms with E-state index in [0.717, 1.165) is 24.2 Å². The van der Waals surface area contributed by atoms with E-state index in [0.29, 0.717) is 20.3 Å². The van der Waals surface area contributed by atoms with Crippen LogP contribution < -0.4 is 15.0 Å². The van der Waals surface area contributed by atoms with E-state index in [9.17, 15) is 4.79 Å². The Hall–Kier alpha value is -2.70. The first-order chi connectivity index (χ1) is 13.6. The van der Waals surface area contributed by atoms with E-state index >= 15 is 0 Å². The molecule has 0 amide bonds. The molecule has 0 aliphatic rings. The summed E-state index contributed by atoms with van der Waals surface area (Å²) >= 11 is 7.30. The van der Waals surface area contributed by atoms with Crippen molar-refractivity contribution in [2.24, 2.45) is 0 Å². The molecule has 2 aromatic carbocycles.